The van der Waals surface area contributed by atoms with E-state index in [0.717, 1.165) is 11.3 Å². The minimum absolute atomic E-state index is 0.0353. The Kier molecular flexibility index (Phi) is 5.65. The number of carbonyl (C=O) groups excluding carboxylic acids is 1. The Labute approximate surface area is 108 Å². The van der Waals surface area contributed by atoms with E-state index >= 15 is 0 Å². The van der Waals surface area contributed by atoms with Crippen molar-refractivity contribution in [3.05, 3.63) is 29.8 Å². The highest BCUT2D eigenvalue weighted by Gasteiger charge is 2.11. The number of nitrogens with one attached hydrogen (secondary N) is 1. The van der Waals surface area contributed by atoms with Gasteiger partial charge in [0, 0.05) is 18.7 Å². The molecule has 0 saturated carbocycles. The predicted octanol–water partition coefficient (Wildman–Crippen LogP) is 1.65. The van der Waals surface area contributed by atoms with Crippen LogP contribution in [0.2, 0.25) is 0 Å². The SMILES string of the molecule is CCC(O)CNC(=O)CC(C)c1ccc(N)cc1. The molecule has 1 aromatic rings. The molecule has 0 aliphatic rings. The van der Waals surface area contributed by atoms with E-state index in [1.54, 1.807) is 0 Å². The van der Waals surface area contributed by atoms with Crippen LogP contribution in [0.1, 0.15) is 38.2 Å². The van der Waals surface area contributed by atoms with Crippen LogP contribution in [0.4, 0.5) is 5.69 Å². The standard InChI is InChI=1S/C14H22N2O2/c1-3-13(17)9-16-14(18)8-10(2)11-4-6-12(15)7-5-11/h4-7,10,13,17H,3,8-9,15H2,1-2H3,(H,16,18). The molecule has 0 heterocycles. The minimum atomic E-state index is -0.458. The third kappa shape index (κ3) is 4.75. The average molecular weight is 250 g/mol. The van der Waals surface area contributed by atoms with E-state index in [1.165, 1.54) is 0 Å². The number of aliphatic hydroxyl groups is 1. The lowest BCUT2D eigenvalue weighted by molar-refractivity contribution is -0.121. The van der Waals surface area contributed by atoms with Gasteiger partial charge in [0.05, 0.1) is 6.10 Å². The van der Waals surface area contributed by atoms with Crippen molar-refractivity contribution in [3.63, 3.8) is 0 Å². The third-order valence-corrected chi connectivity index (χ3v) is 3.00. The van der Waals surface area contributed by atoms with Gasteiger partial charge in [-0.05, 0) is 30.0 Å². The summed E-state index contributed by atoms with van der Waals surface area (Å²) in [6, 6.07) is 7.55. The molecule has 0 aliphatic heterocycles. The number of carbonyl (C=O) groups is 1. The first-order valence-electron chi connectivity index (χ1n) is 6.33. The maximum atomic E-state index is 11.7. The summed E-state index contributed by atoms with van der Waals surface area (Å²) in [4.78, 5) is 11.7. The molecule has 2 atom stereocenters. The fourth-order valence-corrected chi connectivity index (χ4v) is 1.67. The molecule has 2 unspecified atom stereocenters. The lowest BCUT2D eigenvalue weighted by Crippen LogP contribution is -2.32. The lowest BCUT2D eigenvalue weighted by atomic mass is 9.97. The van der Waals surface area contributed by atoms with Gasteiger partial charge in [-0.1, -0.05) is 26.0 Å². The number of nitrogen functional groups attached to an aromatic ring is 1. The topological polar surface area (TPSA) is 75.3 Å². The second-order valence-electron chi connectivity index (χ2n) is 4.64. The number of aliphatic hydroxyl groups excluding tert-OH is 1. The van der Waals surface area contributed by atoms with Crippen molar-refractivity contribution in [1.82, 2.24) is 5.32 Å². The zero-order chi connectivity index (χ0) is 13.5. The molecule has 0 aliphatic carbocycles. The van der Waals surface area contributed by atoms with Crippen LogP contribution in [0.3, 0.4) is 0 Å². The Balaban J connectivity index is 2.42. The summed E-state index contributed by atoms with van der Waals surface area (Å²) in [5.74, 6) is 0.108. The van der Waals surface area contributed by atoms with Gasteiger partial charge in [0.25, 0.3) is 0 Å². The number of nitrogens with two attached hydrogens (primary N) is 1. The van der Waals surface area contributed by atoms with E-state index in [4.69, 9.17) is 5.73 Å². The predicted molar refractivity (Wildman–Crippen MR) is 73.2 cm³/mol. The summed E-state index contributed by atoms with van der Waals surface area (Å²) in [6.07, 6.45) is 0.606. The van der Waals surface area contributed by atoms with Crippen molar-refractivity contribution < 1.29 is 9.90 Å². The van der Waals surface area contributed by atoms with Crippen LogP contribution in [-0.4, -0.2) is 23.7 Å². The van der Waals surface area contributed by atoms with Crippen LogP contribution in [0.15, 0.2) is 24.3 Å². The fraction of sp³-hybridized carbons (Fsp3) is 0.500. The highest BCUT2D eigenvalue weighted by atomic mass is 16.3. The zero-order valence-corrected chi connectivity index (χ0v) is 11.0. The van der Waals surface area contributed by atoms with Gasteiger partial charge in [-0.15, -0.1) is 0 Å². The van der Waals surface area contributed by atoms with Crippen molar-refractivity contribution in [2.45, 2.75) is 38.7 Å². The molecule has 18 heavy (non-hydrogen) atoms. The number of benzene rings is 1. The zero-order valence-electron chi connectivity index (χ0n) is 11.0. The van der Waals surface area contributed by atoms with Crippen LogP contribution < -0.4 is 11.1 Å². The van der Waals surface area contributed by atoms with Gasteiger partial charge in [-0.2, -0.15) is 0 Å². The molecule has 0 bridgehead atoms. The van der Waals surface area contributed by atoms with E-state index in [-0.39, 0.29) is 11.8 Å². The summed E-state index contributed by atoms with van der Waals surface area (Å²) >= 11 is 0. The molecule has 0 fully saturated rings. The smallest absolute Gasteiger partial charge is 0.220 e. The Morgan fingerprint density at radius 1 is 1.39 bits per heavy atom. The Morgan fingerprint density at radius 3 is 2.56 bits per heavy atom. The van der Waals surface area contributed by atoms with E-state index in [0.29, 0.717) is 19.4 Å². The van der Waals surface area contributed by atoms with Crippen LogP contribution in [0.5, 0.6) is 0 Å². The first-order valence-corrected chi connectivity index (χ1v) is 6.33. The second-order valence-corrected chi connectivity index (χ2v) is 4.64. The third-order valence-electron chi connectivity index (χ3n) is 3.00. The van der Waals surface area contributed by atoms with E-state index < -0.39 is 6.10 Å². The van der Waals surface area contributed by atoms with Gasteiger partial charge in [0.15, 0.2) is 0 Å². The molecule has 1 amide bonds. The quantitative estimate of drug-likeness (QED) is 0.672. The van der Waals surface area contributed by atoms with Gasteiger partial charge >= 0.3 is 0 Å². The summed E-state index contributed by atoms with van der Waals surface area (Å²) < 4.78 is 0. The lowest BCUT2D eigenvalue weighted by Gasteiger charge is -2.13. The van der Waals surface area contributed by atoms with Crippen molar-refractivity contribution in [1.29, 1.82) is 0 Å². The van der Waals surface area contributed by atoms with Crippen LogP contribution >= 0.6 is 0 Å². The highest BCUT2D eigenvalue weighted by Crippen LogP contribution is 2.19. The average Bonchev–Trinajstić information content (AvgIpc) is 2.36. The van der Waals surface area contributed by atoms with E-state index in [9.17, 15) is 9.90 Å². The van der Waals surface area contributed by atoms with Gasteiger partial charge in [-0.3, -0.25) is 4.79 Å². The van der Waals surface area contributed by atoms with Gasteiger partial charge in [0.1, 0.15) is 0 Å². The van der Waals surface area contributed by atoms with Gasteiger partial charge < -0.3 is 16.2 Å². The van der Waals surface area contributed by atoms with Crippen molar-refractivity contribution in [2.75, 3.05) is 12.3 Å². The molecule has 100 valence electrons. The van der Waals surface area contributed by atoms with E-state index in [1.807, 2.05) is 38.1 Å². The van der Waals surface area contributed by atoms with Crippen molar-refractivity contribution in [2.24, 2.45) is 0 Å². The van der Waals surface area contributed by atoms with Gasteiger partial charge in [0.2, 0.25) is 5.91 Å². The first-order chi connectivity index (χ1) is 8.52. The van der Waals surface area contributed by atoms with Crippen LogP contribution in [0.25, 0.3) is 0 Å². The molecule has 1 rings (SSSR count). The molecular formula is C14H22N2O2. The number of anilines is 1. The Morgan fingerprint density at radius 2 is 2.00 bits per heavy atom. The number of rotatable bonds is 6. The molecule has 0 aromatic heterocycles. The molecule has 0 radical (unpaired) electrons. The number of amides is 1. The van der Waals surface area contributed by atoms with Crippen LogP contribution in [0, 0.1) is 0 Å². The maximum absolute atomic E-state index is 11.7. The molecular weight excluding hydrogens is 228 g/mol. The summed E-state index contributed by atoms with van der Waals surface area (Å²) in [5.41, 5.74) is 7.43. The number of hydrogen-bond acceptors (Lipinski definition) is 3. The van der Waals surface area contributed by atoms with E-state index in [2.05, 4.69) is 5.32 Å². The number of hydrogen-bond donors (Lipinski definition) is 3. The summed E-state index contributed by atoms with van der Waals surface area (Å²) in [5, 5.41) is 12.1. The maximum Gasteiger partial charge on any atom is 0.220 e. The molecule has 4 N–H and O–H groups in total. The molecule has 4 nitrogen and oxygen atoms in total. The molecule has 0 saturated heterocycles. The first kappa shape index (κ1) is 14.5. The molecule has 1 aromatic carbocycles. The minimum Gasteiger partial charge on any atom is -0.399 e. The Hall–Kier alpha value is -1.55. The largest absolute Gasteiger partial charge is 0.399 e. The van der Waals surface area contributed by atoms with Crippen molar-refractivity contribution >= 4 is 11.6 Å². The second kappa shape index (κ2) is 7.01. The molecule has 0 spiro atoms. The van der Waals surface area contributed by atoms with Crippen molar-refractivity contribution in [3.8, 4) is 0 Å². The fourth-order valence-electron chi connectivity index (χ4n) is 1.67. The summed E-state index contributed by atoms with van der Waals surface area (Å²) in [6.45, 7) is 4.21. The van der Waals surface area contributed by atoms with Gasteiger partial charge in [-0.25, -0.2) is 0 Å². The monoisotopic (exact) mass is 250 g/mol. The highest BCUT2D eigenvalue weighted by molar-refractivity contribution is 5.76. The molecule has 4 heteroatoms. The normalized spacial score (nSPS) is 13.9. The Bertz CT molecular complexity index is 376. The summed E-state index contributed by atoms with van der Waals surface area (Å²) in [7, 11) is 0. The van der Waals surface area contributed by atoms with Crippen LogP contribution in [-0.2, 0) is 4.79 Å².